The SMILES string of the molecule is COc1ccc(C2Sc3cc(C)c(C)cc3NC(=O)C2OC(C)=O)cc1. The maximum Gasteiger partial charge on any atom is 0.303 e. The molecule has 0 radical (unpaired) electrons. The first-order valence-corrected chi connectivity index (χ1v) is 9.17. The number of rotatable bonds is 3. The zero-order valence-electron chi connectivity index (χ0n) is 15.2. The smallest absolute Gasteiger partial charge is 0.303 e. The van der Waals surface area contributed by atoms with Crippen LogP contribution in [0.3, 0.4) is 0 Å². The lowest BCUT2D eigenvalue weighted by atomic mass is 10.1. The van der Waals surface area contributed by atoms with Gasteiger partial charge < -0.3 is 14.8 Å². The number of anilines is 1. The fraction of sp³-hybridized carbons (Fsp3) is 0.300. The minimum absolute atomic E-state index is 0.324. The van der Waals surface area contributed by atoms with Crippen molar-refractivity contribution in [3.63, 3.8) is 0 Å². The molecule has 6 heteroatoms. The molecule has 2 atom stereocenters. The number of benzene rings is 2. The number of thioether (sulfide) groups is 1. The molecule has 3 rings (SSSR count). The molecule has 0 aromatic heterocycles. The molecule has 0 fully saturated rings. The summed E-state index contributed by atoms with van der Waals surface area (Å²) in [5, 5.41) is 2.55. The van der Waals surface area contributed by atoms with Crippen LogP contribution in [-0.4, -0.2) is 25.1 Å². The van der Waals surface area contributed by atoms with Gasteiger partial charge in [-0.25, -0.2) is 0 Å². The van der Waals surface area contributed by atoms with E-state index in [0.717, 1.165) is 33.0 Å². The molecule has 2 aromatic carbocycles. The van der Waals surface area contributed by atoms with Crippen LogP contribution in [0.1, 0.15) is 28.9 Å². The number of amides is 1. The van der Waals surface area contributed by atoms with E-state index in [9.17, 15) is 9.59 Å². The molecule has 0 spiro atoms. The molecule has 26 heavy (non-hydrogen) atoms. The maximum absolute atomic E-state index is 12.8. The first-order chi connectivity index (χ1) is 12.4. The van der Waals surface area contributed by atoms with Gasteiger partial charge in [0.1, 0.15) is 5.75 Å². The molecule has 5 nitrogen and oxygen atoms in total. The van der Waals surface area contributed by atoms with Crippen LogP contribution in [0.15, 0.2) is 41.3 Å². The highest BCUT2D eigenvalue weighted by molar-refractivity contribution is 7.99. The van der Waals surface area contributed by atoms with E-state index in [0.29, 0.717) is 0 Å². The fourth-order valence-electron chi connectivity index (χ4n) is 2.86. The van der Waals surface area contributed by atoms with Crippen molar-refractivity contribution in [2.45, 2.75) is 37.0 Å². The van der Waals surface area contributed by atoms with E-state index >= 15 is 0 Å². The molecule has 2 unspecified atom stereocenters. The van der Waals surface area contributed by atoms with Gasteiger partial charge in [0, 0.05) is 11.8 Å². The predicted octanol–water partition coefficient (Wildman–Crippen LogP) is 4.03. The van der Waals surface area contributed by atoms with Gasteiger partial charge in [0.25, 0.3) is 5.91 Å². The summed E-state index contributed by atoms with van der Waals surface area (Å²) in [6, 6.07) is 11.5. The summed E-state index contributed by atoms with van der Waals surface area (Å²) in [4.78, 5) is 25.3. The third kappa shape index (κ3) is 3.70. The average Bonchev–Trinajstić information content (AvgIpc) is 2.73. The van der Waals surface area contributed by atoms with Crippen molar-refractivity contribution < 1.29 is 19.1 Å². The van der Waals surface area contributed by atoms with Gasteiger partial charge in [0.2, 0.25) is 0 Å². The van der Waals surface area contributed by atoms with Crippen molar-refractivity contribution in [1.82, 2.24) is 0 Å². The highest BCUT2D eigenvalue weighted by atomic mass is 32.2. The van der Waals surface area contributed by atoms with Gasteiger partial charge in [-0.1, -0.05) is 12.1 Å². The third-order valence-corrected chi connectivity index (χ3v) is 5.74. The van der Waals surface area contributed by atoms with Crippen LogP contribution < -0.4 is 10.1 Å². The van der Waals surface area contributed by atoms with Gasteiger partial charge >= 0.3 is 5.97 Å². The molecular weight excluding hydrogens is 350 g/mol. The minimum atomic E-state index is -0.918. The monoisotopic (exact) mass is 371 g/mol. The quantitative estimate of drug-likeness (QED) is 0.825. The van der Waals surface area contributed by atoms with Crippen molar-refractivity contribution in [2.24, 2.45) is 0 Å². The number of hydrogen-bond acceptors (Lipinski definition) is 5. The summed E-state index contributed by atoms with van der Waals surface area (Å²) in [7, 11) is 1.60. The Balaban J connectivity index is 2.06. The lowest BCUT2D eigenvalue weighted by Gasteiger charge is -2.23. The van der Waals surface area contributed by atoms with E-state index < -0.39 is 12.1 Å². The molecule has 1 aliphatic heterocycles. The normalized spacial score (nSPS) is 19.2. The Labute approximate surface area is 157 Å². The second-order valence-corrected chi connectivity index (χ2v) is 7.45. The summed E-state index contributed by atoms with van der Waals surface area (Å²) in [6.45, 7) is 5.35. The Morgan fingerprint density at radius 2 is 1.77 bits per heavy atom. The number of ether oxygens (including phenoxy) is 2. The highest BCUT2D eigenvalue weighted by Crippen LogP contribution is 2.45. The number of methoxy groups -OCH3 is 1. The van der Waals surface area contributed by atoms with E-state index in [1.165, 1.54) is 18.7 Å². The van der Waals surface area contributed by atoms with Crippen LogP contribution >= 0.6 is 11.8 Å². The predicted molar refractivity (Wildman–Crippen MR) is 102 cm³/mol. The van der Waals surface area contributed by atoms with Crippen LogP contribution in [0, 0.1) is 13.8 Å². The Morgan fingerprint density at radius 3 is 2.38 bits per heavy atom. The topological polar surface area (TPSA) is 64.6 Å². The average molecular weight is 371 g/mol. The maximum atomic E-state index is 12.8. The minimum Gasteiger partial charge on any atom is -0.497 e. The molecule has 2 aromatic rings. The summed E-state index contributed by atoms with van der Waals surface area (Å²) in [5.41, 5.74) is 3.88. The van der Waals surface area contributed by atoms with Gasteiger partial charge in [0.05, 0.1) is 18.0 Å². The van der Waals surface area contributed by atoms with Crippen LogP contribution in [0.5, 0.6) is 5.75 Å². The molecule has 0 aliphatic carbocycles. The van der Waals surface area contributed by atoms with Gasteiger partial charge in [-0.05, 0) is 54.8 Å². The van der Waals surface area contributed by atoms with Crippen molar-refractivity contribution in [3.05, 3.63) is 53.1 Å². The molecule has 1 heterocycles. The van der Waals surface area contributed by atoms with Gasteiger partial charge in [-0.3, -0.25) is 9.59 Å². The van der Waals surface area contributed by atoms with E-state index in [1.807, 2.05) is 44.2 Å². The number of carbonyl (C=O) groups is 2. The number of hydrogen-bond donors (Lipinski definition) is 1. The first-order valence-electron chi connectivity index (χ1n) is 8.29. The zero-order valence-corrected chi connectivity index (χ0v) is 16.0. The number of nitrogens with one attached hydrogen (secondary N) is 1. The second kappa shape index (κ2) is 7.41. The third-order valence-electron chi connectivity index (χ3n) is 4.38. The van der Waals surface area contributed by atoms with Crippen molar-refractivity contribution in [1.29, 1.82) is 0 Å². The molecule has 1 amide bonds. The summed E-state index contributed by atoms with van der Waals surface area (Å²) in [5.74, 6) is -0.0779. The molecule has 0 bridgehead atoms. The summed E-state index contributed by atoms with van der Waals surface area (Å²) < 4.78 is 10.6. The van der Waals surface area contributed by atoms with Crippen molar-refractivity contribution in [2.75, 3.05) is 12.4 Å². The Hall–Kier alpha value is -2.47. The summed E-state index contributed by atoms with van der Waals surface area (Å²) >= 11 is 1.52. The van der Waals surface area contributed by atoms with E-state index in [4.69, 9.17) is 9.47 Å². The largest absolute Gasteiger partial charge is 0.497 e. The lowest BCUT2D eigenvalue weighted by molar-refractivity contribution is -0.152. The molecule has 1 N–H and O–H groups in total. The second-order valence-electron chi connectivity index (χ2n) is 6.26. The summed E-state index contributed by atoms with van der Waals surface area (Å²) in [6.07, 6.45) is -0.918. The molecule has 1 aliphatic rings. The standard InChI is InChI=1S/C20H21NO4S/c1-11-9-16-17(10-12(11)2)26-19(14-5-7-15(24-4)8-6-14)18(20(23)21-16)25-13(3)22/h5-10,18-19H,1-4H3,(H,21,23). The number of carbonyl (C=O) groups excluding carboxylic acids is 2. The Bertz CT molecular complexity index is 848. The highest BCUT2D eigenvalue weighted by Gasteiger charge is 2.37. The van der Waals surface area contributed by atoms with Gasteiger partial charge in [-0.15, -0.1) is 11.8 Å². The zero-order chi connectivity index (χ0) is 18.8. The lowest BCUT2D eigenvalue weighted by Crippen LogP contribution is -2.34. The van der Waals surface area contributed by atoms with E-state index in [1.54, 1.807) is 7.11 Å². The van der Waals surface area contributed by atoms with Gasteiger partial charge in [-0.2, -0.15) is 0 Å². The van der Waals surface area contributed by atoms with Crippen LogP contribution in [0.2, 0.25) is 0 Å². The molecular formula is C20H21NO4S. The molecule has 0 saturated carbocycles. The first kappa shape index (κ1) is 18.3. The van der Waals surface area contributed by atoms with Crippen LogP contribution in [0.25, 0.3) is 0 Å². The molecule has 0 saturated heterocycles. The number of esters is 1. The Morgan fingerprint density at radius 1 is 1.12 bits per heavy atom. The van der Waals surface area contributed by atoms with Crippen molar-refractivity contribution >= 4 is 29.3 Å². The van der Waals surface area contributed by atoms with Gasteiger partial charge in [0.15, 0.2) is 6.10 Å². The van der Waals surface area contributed by atoms with Crippen LogP contribution in [0.4, 0.5) is 5.69 Å². The fourth-order valence-corrected chi connectivity index (χ4v) is 4.21. The van der Waals surface area contributed by atoms with E-state index in [2.05, 4.69) is 11.4 Å². The van der Waals surface area contributed by atoms with Crippen LogP contribution in [-0.2, 0) is 14.3 Å². The van der Waals surface area contributed by atoms with Crippen molar-refractivity contribution in [3.8, 4) is 5.75 Å². The number of fused-ring (bicyclic) bond motifs is 1. The number of aryl methyl sites for hydroxylation is 2. The molecule has 136 valence electrons. The van der Waals surface area contributed by atoms with E-state index in [-0.39, 0.29) is 11.2 Å². The Kier molecular flexibility index (Phi) is 5.23.